The molecule has 0 saturated carbocycles. The number of rotatable bonds is 3. The summed E-state index contributed by atoms with van der Waals surface area (Å²) in [4.78, 5) is 3.63. The number of hydrogen-bond acceptors (Lipinski definition) is 4. The Morgan fingerprint density at radius 1 is 1.56 bits per heavy atom. The highest BCUT2D eigenvalue weighted by Gasteiger charge is 2.18. The molecule has 0 aliphatic carbocycles. The first kappa shape index (κ1) is 11.9. The van der Waals surface area contributed by atoms with Crippen LogP contribution in [-0.2, 0) is 6.54 Å². The van der Waals surface area contributed by atoms with Crippen molar-refractivity contribution in [1.29, 1.82) is 0 Å². The SMILES string of the molecule is CC1CCCN(Cc2cc(-c3cccs3)on2)C1. The van der Waals surface area contributed by atoms with E-state index in [0.717, 1.165) is 28.8 Å². The third-order valence-corrected chi connectivity index (χ3v) is 4.33. The quantitative estimate of drug-likeness (QED) is 0.845. The van der Waals surface area contributed by atoms with Gasteiger partial charge in [0.15, 0.2) is 5.76 Å². The summed E-state index contributed by atoms with van der Waals surface area (Å²) in [5.74, 6) is 1.70. The van der Waals surface area contributed by atoms with Gasteiger partial charge >= 0.3 is 0 Å². The lowest BCUT2D eigenvalue weighted by Gasteiger charge is -2.29. The second-order valence-electron chi connectivity index (χ2n) is 5.14. The third kappa shape index (κ3) is 2.65. The smallest absolute Gasteiger partial charge is 0.177 e. The van der Waals surface area contributed by atoms with Crippen LogP contribution >= 0.6 is 11.3 Å². The predicted molar refractivity (Wildman–Crippen MR) is 73.5 cm³/mol. The maximum atomic E-state index is 5.41. The van der Waals surface area contributed by atoms with E-state index in [-0.39, 0.29) is 0 Å². The fraction of sp³-hybridized carbons (Fsp3) is 0.500. The zero-order valence-corrected chi connectivity index (χ0v) is 11.4. The molecule has 96 valence electrons. The molecule has 2 aromatic heterocycles. The summed E-state index contributed by atoms with van der Waals surface area (Å²) in [6.07, 6.45) is 2.66. The topological polar surface area (TPSA) is 29.3 Å². The number of thiophene rings is 1. The first-order chi connectivity index (χ1) is 8.81. The van der Waals surface area contributed by atoms with E-state index >= 15 is 0 Å². The second-order valence-corrected chi connectivity index (χ2v) is 6.09. The number of aromatic nitrogens is 1. The van der Waals surface area contributed by atoms with Crippen LogP contribution < -0.4 is 0 Å². The Morgan fingerprint density at radius 3 is 3.28 bits per heavy atom. The van der Waals surface area contributed by atoms with Crippen molar-refractivity contribution in [2.24, 2.45) is 5.92 Å². The van der Waals surface area contributed by atoms with Gasteiger partial charge in [-0.05, 0) is 36.8 Å². The van der Waals surface area contributed by atoms with E-state index in [0.29, 0.717) is 0 Å². The molecule has 0 bridgehead atoms. The van der Waals surface area contributed by atoms with E-state index in [4.69, 9.17) is 4.52 Å². The molecule has 1 aliphatic heterocycles. The van der Waals surface area contributed by atoms with Crippen molar-refractivity contribution in [2.45, 2.75) is 26.3 Å². The lowest BCUT2D eigenvalue weighted by molar-refractivity contribution is 0.172. The molecule has 1 fully saturated rings. The minimum absolute atomic E-state index is 0.808. The number of piperidine rings is 1. The van der Waals surface area contributed by atoms with Crippen molar-refractivity contribution in [1.82, 2.24) is 10.1 Å². The average Bonchev–Trinajstić information content (AvgIpc) is 2.98. The van der Waals surface area contributed by atoms with Gasteiger partial charge in [-0.1, -0.05) is 18.1 Å². The van der Waals surface area contributed by atoms with Crippen LogP contribution in [0.2, 0.25) is 0 Å². The minimum atomic E-state index is 0.808. The van der Waals surface area contributed by atoms with Gasteiger partial charge in [-0.15, -0.1) is 11.3 Å². The van der Waals surface area contributed by atoms with E-state index in [1.54, 1.807) is 11.3 Å². The van der Waals surface area contributed by atoms with Crippen LogP contribution in [0, 0.1) is 5.92 Å². The normalized spacial score (nSPS) is 21.3. The standard InChI is InChI=1S/C14H18N2OS/c1-11-4-2-6-16(9-11)10-12-8-13(17-15-12)14-5-3-7-18-14/h3,5,7-8,11H,2,4,6,9-10H2,1H3. The molecule has 0 N–H and O–H groups in total. The Labute approximate surface area is 111 Å². The van der Waals surface area contributed by atoms with Gasteiger partial charge in [0.1, 0.15) is 0 Å². The summed E-state index contributed by atoms with van der Waals surface area (Å²) < 4.78 is 5.41. The van der Waals surface area contributed by atoms with E-state index in [1.165, 1.54) is 25.9 Å². The lowest BCUT2D eigenvalue weighted by atomic mass is 10.0. The first-order valence-corrected chi connectivity index (χ1v) is 7.41. The summed E-state index contributed by atoms with van der Waals surface area (Å²) in [6.45, 7) is 5.61. The Kier molecular flexibility index (Phi) is 3.48. The van der Waals surface area contributed by atoms with Gasteiger partial charge in [0.05, 0.1) is 10.6 Å². The molecule has 0 amide bonds. The van der Waals surface area contributed by atoms with Gasteiger partial charge in [0.25, 0.3) is 0 Å². The molecule has 0 aromatic carbocycles. The Hall–Kier alpha value is -1.13. The fourth-order valence-corrected chi connectivity index (χ4v) is 3.25. The Bertz CT molecular complexity index is 492. The van der Waals surface area contributed by atoms with Crippen molar-refractivity contribution < 1.29 is 4.52 Å². The van der Waals surface area contributed by atoms with Crippen LogP contribution in [0.1, 0.15) is 25.5 Å². The van der Waals surface area contributed by atoms with Crippen molar-refractivity contribution in [3.05, 3.63) is 29.3 Å². The highest BCUT2D eigenvalue weighted by atomic mass is 32.1. The van der Waals surface area contributed by atoms with E-state index < -0.39 is 0 Å². The number of likely N-dealkylation sites (tertiary alicyclic amines) is 1. The maximum Gasteiger partial charge on any atom is 0.177 e. The molecule has 0 spiro atoms. The van der Waals surface area contributed by atoms with Crippen molar-refractivity contribution >= 4 is 11.3 Å². The highest BCUT2D eigenvalue weighted by Crippen LogP contribution is 2.26. The fourth-order valence-electron chi connectivity index (χ4n) is 2.58. The van der Waals surface area contributed by atoms with Crippen LogP contribution in [0.15, 0.2) is 28.1 Å². The molecule has 18 heavy (non-hydrogen) atoms. The van der Waals surface area contributed by atoms with Gasteiger partial charge in [-0.2, -0.15) is 0 Å². The van der Waals surface area contributed by atoms with E-state index in [9.17, 15) is 0 Å². The molecule has 3 nitrogen and oxygen atoms in total. The lowest BCUT2D eigenvalue weighted by Crippen LogP contribution is -2.33. The zero-order valence-electron chi connectivity index (χ0n) is 10.6. The molecule has 1 unspecified atom stereocenters. The molecule has 2 aromatic rings. The van der Waals surface area contributed by atoms with Crippen LogP contribution in [-0.4, -0.2) is 23.1 Å². The zero-order chi connectivity index (χ0) is 12.4. The van der Waals surface area contributed by atoms with Crippen molar-refractivity contribution in [3.8, 4) is 10.6 Å². The van der Waals surface area contributed by atoms with Gasteiger partial charge in [-0.25, -0.2) is 0 Å². The number of nitrogens with zero attached hydrogens (tertiary/aromatic N) is 2. The molecule has 1 atom stereocenters. The summed E-state index contributed by atoms with van der Waals surface area (Å²) in [5, 5.41) is 6.24. The van der Waals surface area contributed by atoms with Crippen LogP contribution in [0.5, 0.6) is 0 Å². The molecule has 3 heterocycles. The Balaban J connectivity index is 1.66. The predicted octanol–water partition coefficient (Wildman–Crippen LogP) is 3.64. The molecule has 1 aliphatic rings. The van der Waals surface area contributed by atoms with Crippen molar-refractivity contribution in [3.63, 3.8) is 0 Å². The van der Waals surface area contributed by atoms with Gasteiger partial charge in [0, 0.05) is 19.2 Å². The number of hydrogen-bond donors (Lipinski definition) is 0. The molecule has 3 rings (SSSR count). The van der Waals surface area contributed by atoms with E-state index in [2.05, 4.69) is 34.5 Å². The first-order valence-electron chi connectivity index (χ1n) is 6.53. The molecule has 0 radical (unpaired) electrons. The van der Waals surface area contributed by atoms with E-state index in [1.807, 2.05) is 6.07 Å². The van der Waals surface area contributed by atoms with Gasteiger partial charge in [0.2, 0.25) is 0 Å². The van der Waals surface area contributed by atoms with Gasteiger partial charge < -0.3 is 4.52 Å². The van der Waals surface area contributed by atoms with Crippen molar-refractivity contribution in [2.75, 3.05) is 13.1 Å². The summed E-state index contributed by atoms with van der Waals surface area (Å²) >= 11 is 1.69. The van der Waals surface area contributed by atoms with Gasteiger partial charge in [-0.3, -0.25) is 4.90 Å². The molecular weight excluding hydrogens is 244 g/mol. The Morgan fingerprint density at radius 2 is 2.50 bits per heavy atom. The monoisotopic (exact) mass is 262 g/mol. The maximum absolute atomic E-state index is 5.41. The second kappa shape index (κ2) is 5.24. The van der Waals surface area contributed by atoms with Crippen LogP contribution in [0.4, 0.5) is 0 Å². The molecule has 4 heteroatoms. The molecule has 1 saturated heterocycles. The highest BCUT2D eigenvalue weighted by molar-refractivity contribution is 7.13. The third-order valence-electron chi connectivity index (χ3n) is 3.45. The van der Waals surface area contributed by atoms with Crippen LogP contribution in [0.25, 0.3) is 10.6 Å². The largest absolute Gasteiger partial charge is 0.355 e. The minimum Gasteiger partial charge on any atom is -0.355 e. The summed E-state index contributed by atoms with van der Waals surface area (Å²) in [7, 11) is 0. The summed E-state index contributed by atoms with van der Waals surface area (Å²) in [5.41, 5.74) is 1.05. The summed E-state index contributed by atoms with van der Waals surface area (Å²) in [6, 6.07) is 6.18. The van der Waals surface area contributed by atoms with Crippen LogP contribution in [0.3, 0.4) is 0 Å². The molecular formula is C14H18N2OS. The average molecular weight is 262 g/mol.